The molecular formula is C18H28FN3O. The summed E-state index contributed by atoms with van der Waals surface area (Å²) in [6.07, 6.45) is 1.72. The largest absolute Gasteiger partial charge is 0.338 e. The van der Waals surface area contributed by atoms with E-state index in [4.69, 9.17) is 0 Å². The first-order valence-electron chi connectivity index (χ1n) is 8.55. The molecule has 0 aliphatic carbocycles. The SMILES string of the molecule is CC(C)CCN1CCN(C(=O)NCCc2ccccc2F)CC1. The number of carbonyl (C=O) groups excluding carboxylic acids is 1. The molecule has 5 heteroatoms. The monoisotopic (exact) mass is 321 g/mol. The number of nitrogens with one attached hydrogen (secondary N) is 1. The molecule has 1 fully saturated rings. The third-order valence-electron chi connectivity index (χ3n) is 4.31. The van der Waals surface area contributed by atoms with Crippen LogP contribution in [0.4, 0.5) is 9.18 Å². The van der Waals surface area contributed by atoms with Gasteiger partial charge in [-0.1, -0.05) is 32.0 Å². The number of carbonyl (C=O) groups is 1. The number of amides is 2. The molecule has 23 heavy (non-hydrogen) atoms. The van der Waals surface area contributed by atoms with E-state index in [1.54, 1.807) is 12.1 Å². The number of halogens is 1. The summed E-state index contributed by atoms with van der Waals surface area (Å²) in [6, 6.07) is 6.67. The zero-order chi connectivity index (χ0) is 16.7. The lowest BCUT2D eigenvalue weighted by Crippen LogP contribution is -2.52. The van der Waals surface area contributed by atoms with Gasteiger partial charge in [0, 0.05) is 32.7 Å². The van der Waals surface area contributed by atoms with Gasteiger partial charge < -0.3 is 10.2 Å². The maximum Gasteiger partial charge on any atom is 0.317 e. The van der Waals surface area contributed by atoms with Crippen LogP contribution in [0.1, 0.15) is 25.8 Å². The number of nitrogens with zero attached hydrogens (tertiary/aromatic N) is 2. The molecule has 0 aromatic heterocycles. The van der Waals surface area contributed by atoms with Crippen LogP contribution in [0.15, 0.2) is 24.3 Å². The molecule has 128 valence electrons. The molecule has 1 saturated heterocycles. The summed E-state index contributed by atoms with van der Waals surface area (Å²) in [7, 11) is 0. The van der Waals surface area contributed by atoms with E-state index in [9.17, 15) is 9.18 Å². The normalized spacial score (nSPS) is 15.9. The maximum absolute atomic E-state index is 13.5. The Morgan fingerprint density at radius 2 is 1.91 bits per heavy atom. The molecule has 0 spiro atoms. The standard InChI is InChI=1S/C18H28FN3O/c1-15(2)8-10-21-11-13-22(14-12-21)18(23)20-9-7-16-5-3-4-6-17(16)19/h3-6,15H,7-14H2,1-2H3,(H,20,23). The van der Waals surface area contributed by atoms with E-state index < -0.39 is 0 Å². The van der Waals surface area contributed by atoms with Gasteiger partial charge in [-0.2, -0.15) is 0 Å². The van der Waals surface area contributed by atoms with Crippen LogP contribution in [0.25, 0.3) is 0 Å². The second kappa shape index (κ2) is 8.87. The zero-order valence-electron chi connectivity index (χ0n) is 14.2. The van der Waals surface area contributed by atoms with E-state index in [2.05, 4.69) is 24.1 Å². The highest BCUT2D eigenvalue weighted by atomic mass is 19.1. The van der Waals surface area contributed by atoms with Crippen molar-refractivity contribution in [1.29, 1.82) is 0 Å². The van der Waals surface area contributed by atoms with Crippen LogP contribution in [-0.2, 0) is 6.42 Å². The van der Waals surface area contributed by atoms with Crippen molar-refractivity contribution < 1.29 is 9.18 Å². The summed E-state index contributed by atoms with van der Waals surface area (Å²) in [4.78, 5) is 16.4. The van der Waals surface area contributed by atoms with E-state index in [1.807, 2.05) is 11.0 Å². The van der Waals surface area contributed by atoms with Gasteiger partial charge in [-0.3, -0.25) is 4.90 Å². The maximum atomic E-state index is 13.5. The number of piperazine rings is 1. The number of rotatable bonds is 6. The van der Waals surface area contributed by atoms with E-state index >= 15 is 0 Å². The molecule has 1 aliphatic heterocycles. The van der Waals surface area contributed by atoms with Crippen LogP contribution in [-0.4, -0.2) is 55.1 Å². The molecule has 0 atom stereocenters. The van der Waals surface area contributed by atoms with Gasteiger partial charge in [-0.15, -0.1) is 0 Å². The van der Waals surface area contributed by atoms with Crippen LogP contribution in [0, 0.1) is 11.7 Å². The van der Waals surface area contributed by atoms with Gasteiger partial charge in [0.2, 0.25) is 0 Å². The fraction of sp³-hybridized carbons (Fsp3) is 0.611. The van der Waals surface area contributed by atoms with Gasteiger partial charge in [0.15, 0.2) is 0 Å². The molecule has 2 amide bonds. The molecule has 1 aliphatic rings. The first kappa shape index (κ1) is 17.7. The molecule has 0 unspecified atom stereocenters. The van der Waals surface area contributed by atoms with Crippen LogP contribution < -0.4 is 5.32 Å². The van der Waals surface area contributed by atoms with E-state index in [-0.39, 0.29) is 11.8 Å². The van der Waals surface area contributed by atoms with Gasteiger partial charge in [-0.05, 0) is 36.9 Å². The number of hydrogen-bond acceptors (Lipinski definition) is 2. The zero-order valence-corrected chi connectivity index (χ0v) is 14.2. The summed E-state index contributed by atoms with van der Waals surface area (Å²) in [5, 5.41) is 2.89. The van der Waals surface area contributed by atoms with Gasteiger partial charge in [0.05, 0.1) is 0 Å². The van der Waals surface area contributed by atoms with Crippen molar-refractivity contribution in [1.82, 2.24) is 15.1 Å². The quantitative estimate of drug-likeness (QED) is 0.874. The Bertz CT molecular complexity index is 499. The second-order valence-corrected chi connectivity index (χ2v) is 6.58. The van der Waals surface area contributed by atoms with Crippen molar-refractivity contribution >= 4 is 6.03 Å². The third kappa shape index (κ3) is 5.82. The molecule has 0 saturated carbocycles. The van der Waals surface area contributed by atoms with E-state index in [0.29, 0.717) is 18.5 Å². The van der Waals surface area contributed by atoms with Crippen LogP contribution in [0.3, 0.4) is 0 Å². The van der Waals surface area contributed by atoms with Crippen molar-refractivity contribution in [2.24, 2.45) is 5.92 Å². The van der Waals surface area contributed by atoms with Crippen molar-refractivity contribution in [3.63, 3.8) is 0 Å². The lowest BCUT2D eigenvalue weighted by atomic mass is 10.1. The lowest BCUT2D eigenvalue weighted by Gasteiger charge is -2.35. The molecule has 1 aromatic rings. The predicted molar refractivity (Wildman–Crippen MR) is 91.0 cm³/mol. The average Bonchev–Trinajstić information content (AvgIpc) is 2.55. The first-order valence-corrected chi connectivity index (χ1v) is 8.55. The minimum atomic E-state index is -0.208. The molecule has 0 radical (unpaired) electrons. The van der Waals surface area contributed by atoms with Gasteiger partial charge >= 0.3 is 6.03 Å². The molecule has 1 aromatic carbocycles. The summed E-state index contributed by atoms with van der Waals surface area (Å²) in [5.74, 6) is 0.509. The molecule has 4 nitrogen and oxygen atoms in total. The number of urea groups is 1. The van der Waals surface area contributed by atoms with E-state index in [1.165, 1.54) is 12.5 Å². The van der Waals surface area contributed by atoms with Crippen LogP contribution in [0.2, 0.25) is 0 Å². The summed E-state index contributed by atoms with van der Waals surface area (Å²) >= 11 is 0. The minimum Gasteiger partial charge on any atom is -0.338 e. The molecule has 1 heterocycles. The fourth-order valence-electron chi connectivity index (χ4n) is 2.73. The van der Waals surface area contributed by atoms with Gasteiger partial charge in [0.1, 0.15) is 5.82 Å². The Labute approximate surface area is 138 Å². The Morgan fingerprint density at radius 3 is 2.57 bits per heavy atom. The Kier molecular flexibility index (Phi) is 6.84. The van der Waals surface area contributed by atoms with E-state index in [0.717, 1.165) is 38.6 Å². The third-order valence-corrected chi connectivity index (χ3v) is 4.31. The average molecular weight is 321 g/mol. The highest BCUT2D eigenvalue weighted by Crippen LogP contribution is 2.08. The number of hydrogen-bond donors (Lipinski definition) is 1. The van der Waals surface area contributed by atoms with Gasteiger partial charge in [-0.25, -0.2) is 9.18 Å². The molecule has 0 bridgehead atoms. The van der Waals surface area contributed by atoms with Crippen molar-refractivity contribution in [3.05, 3.63) is 35.6 Å². The smallest absolute Gasteiger partial charge is 0.317 e. The summed E-state index contributed by atoms with van der Waals surface area (Å²) < 4.78 is 13.5. The highest BCUT2D eigenvalue weighted by Gasteiger charge is 2.20. The highest BCUT2D eigenvalue weighted by molar-refractivity contribution is 5.74. The summed E-state index contributed by atoms with van der Waals surface area (Å²) in [6.45, 7) is 9.46. The fourth-order valence-corrected chi connectivity index (χ4v) is 2.73. The van der Waals surface area contributed by atoms with Crippen molar-refractivity contribution in [2.45, 2.75) is 26.7 Å². The Balaban J connectivity index is 1.66. The topological polar surface area (TPSA) is 35.6 Å². The van der Waals surface area contributed by atoms with Crippen LogP contribution >= 0.6 is 0 Å². The molecule has 1 N–H and O–H groups in total. The summed E-state index contributed by atoms with van der Waals surface area (Å²) in [5.41, 5.74) is 0.645. The lowest BCUT2D eigenvalue weighted by molar-refractivity contribution is 0.136. The molecule has 2 rings (SSSR count). The number of benzene rings is 1. The minimum absolute atomic E-state index is 0.0372. The van der Waals surface area contributed by atoms with Crippen LogP contribution in [0.5, 0.6) is 0 Å². The predicted octanol–water partition coefficient (Wildman–Crippen LogP) is 2.74. The van der Waals surface area contributed by atoms with Crippen molar-refractivity contribution in [3.8, 4) is 0 Å². The molecular weight excluding hydrogens is 293 g/mol. The van der Waals surface area contributed by atoms with Crippen molar-refractivity contribution in [2.75, 3.05) is 39.3 Å². The Hall–Kier alpha value is -1.62. The second-order valence-electron chi connectivity index (χ2n) is 6.58. The van der Waals surface area contributed by atoms with Gasteiger partial charge in [0.25, 0.3) is 0 Å². The first-order chi connectivity index (χ1) is 11.1. The Morgan fingerprint density at radius 1 is 1.22 bits per heavy atom.